The molecule has 0 fully saturated rings. The SMILES string of the molecule is COc1cc(C2N=c3ccccc3=C3C(=O)NC(SC)=NN32)cc(OC)c1OC. The molecule has 0 saturated carbocycles. The van der Waals surface area contributed by atoms with Crippen LogP contribution >= 0.6 is 11.8 Å². The number of nitrogens with zero attached hydrogens (tertiary/aromatic N) is 3. The third-order valence-electron chi connectivity index (χ3n) is 4.69. The number of fused-ring (bicyclic) bond motifs is 2. The van der Waals surface area contributed by atoms with E-state index in [0.717, 1.165) is 16.1 Å². The molecule has 0 radical (unpaired) electrons. The minimum absolute atomic E-state index is 0.218. The number of para-hydroxylation sites is 1. The van der Waals surface area contributed by atoms with Gasteiger partial charge in [-0.25, -0.2) is 5.01 Å². The van der Waals surface area contributed by atoms with Crippen molar-refractivity contribution in [2.75, 3.05) is 27.6 Å². The van der Waals surface area contributed by atoms with Crippen LogP contribution in [0.3, 0.4) is 0 Å². The van der Waals surface area contributed by atoms with Gasteiger partial charge in [0.15, 0.2) is 22.8 Å². The van der Waals surface area contributed by atoms with Crippen molar-refractivity contribution in [2.45, 2.75) is 6.17 Å². The third-order valence-corrected chi connectivity index (χ3v) is 5.26. The lowest BCUT2D eigenvalue weighted by atomic mass is 10.1. The van der Waals surface area contributed by atoms with E-state index in [0.29, 0.717) is 28.1 Å². The molecule has 2 aliphatic rings. The molecule has 0 bridgehead atoms. The summed E-state index contributed by atoms with van der Waals surface area (Å²) in [5.74, 6) is 1.29. The van der Waals surface area contributed by atoms with Gasteiger partial charge in [-0.2, -0.15) is 0 Å². The highest BCUT2D eigenvalue weighted by Gasteiger charge is 2.35. The Morgan fingerprint density at radius 3 is 2.38 bits per heavy atom. The smallest absolute Gasteiger partial charge is 0.276 e. The lowest BCUT2D eigenvalue weighted by Crippen LogP contribution is -2.50. The standard InChI is InChI=1S/C20H20N4O4S/c1-26-14-9-11(10-15(27-2)17(14)28-3)18-21-13-8-6-5-7-12(13)16-19(25)22-20(29-4)23-24(16)18/h5-10,18H,1-4H3,(H,22,23,25). The molecule has 29 heavy (non-hydrogen) atoms. The lowest BCUT2D eigenvalue weighted by Gasteiger charge is -2.34. The Balaban J connectivity index is 1.97. The lowest BCUT2D eigenvalue weighted by molar-refractivity contribution is -0.116. The zero-order valence-electron chi connectivity index (χ0n) is 16.4. The van der Waals surface area contributed by atoms with Gasteiger partial charge in [0.05, 0.1) is 26.7 Å². The van der Waals surface area contributed by atoms with E-state index >= 15 is 0 Å². The van der Waals surface area contributed by atoms with E-state index in [4.69, 9.17) is 19.2 Å². The fraction of sp³-hybridized carbons (Fsp3) is 0.250. The van der Waals surface area contributed by atoms with E-state index in [1.54, 1.807) is 26.3 Å². The largest absolute Gasteiger partial charge is 0.493 e. The zero-order chi connectivity index (χ0) is 20.5. The second-order valence-corrected chi connectivity index (χ2v) is 7.03. The van der Waals surface area contributed by atoms with Crippen molar-refractivity contribution in [2.24, 2.45) is 10.1 Å². The summed E-state index contributed by atoms with van der Waals surface area (Å²) in [6.45, 7) is 0. The Kier molecular flexibility index (Phi) is 5.06. The Morgan fingerprint density at radius 2 is 1.76 bits per heavy atom. The molecule has 1 unspecified atom stereocenters. The molecule has 150 valence electrons. The van der Waals surface area contributed by atoms with E-state index in [-0.39, 0.29) is 5.91 Å². The van der Waals surface area contributed by atoms with Gasteiger partial charge < -0.3 is 14.2 Å². The van der Waals surface area contributed by atoms with E-state index in [9.17, 15) is 4.79 Å². The molecule has 0 aromatic heterocycles. The Morgan fingerprint density at radius 1 is 1.07 bits per heavy atom. The fourth-order valence-corrected chi connectivity index (χ4v) is 3.75. The Hall–Kier alpha value is -3.20. The highest BCUT2D eigenvalue weighted by molar-refractivity contribution is 8.13. The molecule has 1 atom stereocenters. The van der Waals surface area contributed by atoms with Crippen molar-refractivity contribution in [1.82, 2.24) is 10.3 Å². The molecule has 0 saturated heterocycles. The second kappa shape index (κ2) is 7.67. The Bertz CT molecular complexity index is 1110. The number of hydrogen-bond acceptors (Lipinski definition) is 8. The average Bonchev–Trinajstić information content (AvgIpc) is 2.76. The summed E-state index contributed by atoms with van der Waals surface area (Å²) in [6, 6.07) is 11.2. The Labute approximate surface area is 171 Å². The summed E-state index contributed by atoms with van der Waals surface area (Å²) in [7, 11) is 4.67. The predicted molar refractivity (Wildman–Crippen MR) is 110 cm³/mol. The predicted octanol–water partition coefficient (Wildman–Crippen LogP) is 1.22. The van der Waals surface area contributed by atoms with Crippen LogP contribution in [-0.2, 0) is 4.79 Å². The zero-order valence-corrected chi connectivity index (χ0v) is 17.2. The third kappa shape index (κ3) is 3.17. The quantitative estimate of drug-likeness (QED) is 0.813. The van der Waals surface area contributed by atoms with Crippen LogP contribution in [0, 0.1) is 0 Å². The van der Waals surface area contributed by atoms with Crippen molar-refractivity contribution in [3.63, 3.8) is 0 Å². The van der Waals surface area contributed by atoms with Crippen LogP contribution < -0.4 is 30.1 Å². The molecule has 1 amide bonds. The van der Waals surface area contributed by atoms with Gasteiger partial charge in [-0.15, -0.1) is 5.10 Å². The average molecular weight is 412 g/mol. The highest BCUT2D eigenvalue weighted by Crippen LogP contribution is 2.42. The van der Waals surface area contributed by atoms with Crippen LogP contribution in [0.15, 0.2) is 46.5 Å². The molecule has 2 heterocycles. The number of amides is 1. The number of amidine groups is 1. The van der Waals surface area contributed by atoms with Crippen molar-refractivity contribution in [3.8, 4) is 17.2 Å². The van der Waals surface area contributed by atoms with Crippen LogP contribution in [0.1, 0.15) is 11.7 Å². The molecule has 2 aromatic rings. The molecule has 2 aliphatic heterocycles. The minimum Gasteiger partial charge on any atom is -0.493 e. The summed E-state index contributed by atoms with van der Waals surface area (Å²) in [5.41, 5.74) is 1.21. The van der Waals surface area contributed by atoms with E-state index in [1.807, 2.05) is 42.7 Å². The first-order valence-corrected chi connectivity index (χ1v) is 10.0. The number of thioether (sulfide) groups is 1. The van der Waals surface area contributed by atoms with E-state index in [2.05, 4.69) is 10.4 Å². The van der Waals surface area contributed by atoms with Crippen LogP contribution in [0.5, 0.6) is 17.2 Å². The van der Waals surface area contributed by atoms with Crippen LogP contribution in [0.4, 0.5) is 0 Å². The van der Waals surface area contributed by atoms with Crippen molar-refractivity contribution >= 4 is 28.5 Å². The maximum atomic E-state index is 12.9. The number of rotatable bonds is 4. The number of carbonyl (C=O) groups excluding carboxylic acids is 1. The van der Waals surface area contributed by atoms with Crippen LogP contribution in [0.25, 0.3) is 5.70 Å². The molecule has 0 aliphatic carbocycles. The van der Waals surface area contributed by atoms with Gasteiger partial charge >= 0.3 is 0 Å². The molecular weight excluding hydrogens is 392 g/mol. The maximum absolute atomic E-state index is 12.9. The number of benzene rings is 2. The fourth-order valence-electron chi connectivity index (χ4n) is 3.39. The molecular formula is C20H20N4O4S. The molecule has 4 rings (SSSR count). The number of hydrogen-bond donors (Lipinski definition) is 1. The summed E-state index contributed by atoms with van der Waals surface area (Å²) < 4.78 is 16.4. The molecule has 2 aromatic carbocycles. The molecule has 0 spiro atoms. The monoisotopic (exact) mass is 412 g/mol. The van der Waals surface area contributed by atoms with Crippen LogP contribution in [0.2, 0.25) is 0 Å². The summed E-state index contributed by atoms with van der Waals surface area (Å²) in [6.07, 6.45) is 1.29. The van der Waals surface area contributed by atoms with E-state index < -0.39 is 6.17 Å². The highest BCUT2D eigenvalue weighted by atomic mass is 32.2. The molecule has 1 N–H and O–H groups in total. The van der Waals surface area contributed by atoms with Crippen LogP contribution in [-0.4, -0.2) is 43.7 Å². The van der Waals surface area contributed by atoms with Gasteiger partial charge in [0.25, 0.3) is 5.91 Å². The van der Waals surface area contributed by atoms with Crippen molar-refractivity contribution in [3.05, 3.63) is 52.5 Å². The summed E-state index contributed by atoms with van der Waals surface area (Å²) in [4.78, 5) is 17.8. The number of carbonyl (C=O) groups is 1. The summed E-state index contributed by atoms with van der Waals surface area (Å²) >= 11 is 1.36. The van der Waals surface area contributed by atoms with Gasteiger partial charge in [0, 0.05) is 10.8 Å². The number of ether oxygens (including phenoxy) is 3. The normalized spacial score (nSPS) is 17.4. The summed E-state index contributed by atoms with van der Waals surface area (Å²) in [5, 5.41) is 11.0. The molecule has 9 heteroatoms. The number of methoxy groups -OCH3 is 3. The van der Waals surface area contributed by atoms with Gasteiger partial charge in [0.1, 0.15) is 5.70 Å². The van der Waals surface area contributed by atoms with Crippen molar-refractivity contribution in [1.29, 1.82) is 0 Å². The molecule has 8 nitrogen and oxygen atoms in total. The van der Waals surface area contributed by atoms with Gasteiger partial charge in [-0.1, -0.05) is 30.0 Å². The van der Waals surface area contributed by atoms with Gasteiger partial charge in [-0.3, -0.25) is 15.1 Å². The number of nitrogens with one attached hydrogen (secondary N) is 1. The number of hydrazone groups is 1. The first-order chi connectivity index (χ1) is 14.1. The second-order valence-electron chi connectivity index (χ2n) is 6.24. The first-order valence-electron chi connectivity index (χ1n) is 8.81. The van der Waals surface area contributed by atoms with Crippen molar-refractivity contribution < 1.29 is 19.0 Å². The van der Waals surface area contributed by atoms with Gasteiger partial charge in [-0.05, 0) is 24.5 Å². The maximum Gasteiger partial charge on any atom is 0.276 e. The first kappa shape index (κ1) is 19.1. The van der Waals surface area contributed by atoms with Gasteiger partial charge in [0.2, 0.25) is 5.75 Å². The topological polar surface area (TPSA) is 84.8 Å². The van der Waals surface area contributed by atoms with E-state index in [1.165, 1.54) is 11.8 Å². The minimum atomic E-state index is -0.568.